The van der Waals surface area contributed by atoms with Gasteiger partial charge in [-0.2, -0.15) is 0 Å². The monoisotopic (exact) mass is 342 g/mol. The maximum Gasteiger partial charge on any atom is 0.336 e. The second-order valence-electron chi connectivity index (χ2n) is 5.03. The molecule has 110 valence electrons. The molecule has 6 heteroatoms. The van der Waals surface area contributed by atoms with Crippen LogP contribution in [0.1, 0.15) is 31.1 Å². The summed E-state index contributed by atoms with van der Waals surface area (Å²) in [7, 11) is 1.72. The van der Waals surface area contributed by atoms with E-state index in [-0.39, 0.29) is 17.6 Å². The Labute approximate surface area is 127 Å². The molecule has 0 saturated heterocycles. The first-order valence-electron chi connectivity index (χ1n) is 6.30. The van der Waals surface area contributed by atoms with Gasteiger partial charge < -0.3 is 15.3 Å². The van der Waals surface area contributed by atoms with E-state index < -0.39 is 5.97 Å². The van der Waals surface area contributed by atoms with Crippen molar-refractivity contribution in [1.82, 2.24) is 4.90 Å². The van der Waals surface area contributed by atoms with Crippen molar-refractivity contribution in [2.24, 2.45) is 5.92 Å². The first kappa shape index (κ1) is 16.5. The van der Waals surface area contributed by atoms with Crippen molar-refractivity contribution in [3.63, 3.8) is 0 Å². The Morgan fingerprint density at radius 1 is 1.30 bits per heavy atom. The lowest BCUT2D eigenvalue weighted by molar-refractivity contribution is 0.0696. The molecule has 1 aromatic carbocycles. The van der Waals surface area contributed by atoms with Crippen LogP contribution in [0.4, 0.5) is 10.5 Å². The second-order valence-corrected chi connectivity index (χ2v) is 5.88. The van der Waals surface area contributed by atoms with E-state index in [4.69, 9.17) is 5.11 Å². The van der Waals surface area contributed by atoms with E-state index in [1.807, 2.05) is 20.8 Å². The number of halogens is 1. The molecule has 1 rings (SSSR count). The number of aromatic carboxylic acids is 1. The third kappa shape index (κ3) is 3.96. The molecular formula is C14H19BrN2O3. The zero-order chi connectivity index (χ0) is 15.4. The summed E-state index contributed by atoms with van der Waals surface area (Å²) in [4.78, 5) is 24.7. The molecule has 1 atom stereocenters. The number of carbonyl (C=O) groups is 2. The fraction of sp³-hybridized carbons (Fsp3) is 0.429. The van der Waals surface area contributed by atoms with Crippen molar-refractivity contribution >= 4 is 33.6 Å². The maximum absolute atomic E-state index is 12.1. The zero-order valence-corrected chi connectivity index (χ0v) is 13.6. The molecule has 0 spiro atoms. The molecule has 0 aromatic heterocycles. The van der Waals surface area contributed by atoms with Gasteiger partial charge in [-0.1, -0.05) is 13.8 Å². The van der Waals surface area contributed by atoms with Crippen LogP contribution in [0.25, 0.3) is 0 Å². The lowest BCUT2D eigenvalue weighted by Crippen LogP contribution is -2.40. The Morgan fingerprint density at radius 3 is 2.40 bits per heavy atom. The van der Waals surface area contributed by atoms with Crippen LogP contribution in [0.5, 0.6) is 0 Å². The van der Waals surface area contributed by atoms with Crippen LogP contribution in [0, 0.1) is 5.92 Å². The third-order valence-corrected chi connectivity index (χ3v) is 4.04. The van der Waals surface area contributed by atoms with E-state index in [0.717, 1.165) is 0 Å². The summed E-state index contributed by atoms with van der Waals surface area (Å²) in [6.07, 6.45) is 0. The standard InChI is InChI=1S/C14H19BrN2O3/c1-8(2)9(3)17(4)14(20)16-10-5-6-12(15)11(7-10)13(18)19/h5-9H,1-4H3,(H,16,20)(H,18,19). The highest BCUT2D eigenvalue weighted by Crippen LogP contribution is 2.21. The SMILES string of the molecule is CC(C)C(C)N(C)C(=O)Nc1ccc(Br)c(C(=O)O)c1. The summed E-state index contributed by atoms with van der Waals surface area (Å²) in [5.74, 6) is -0.706. The number of nitrogens with one attached hydrogen (secondary N) is 1. The summed E-state index contributed by atoms with van der Waals surface area (Å²) in [6.45, 7) is 6.04. The van der Waals surface area contributed by atoms with Crippen molar-refractivity contribution in [3.8, 4) is 0 Å². The lowest BCUT2D eigenvalue weighted by Gasteiger charge is -2.28. The number of urea groups is 1. The van der Waals surface area contributed by atoms with Crippen LogP contribution in [0.3, 0.4) is 0 Å². The highest BCUT2D eigenvalue weighted by atomic mass is 79.9. The Balaban J connectivity index is 2.86. The van der Waals surface area contributed by atoms with Gasteiger partial charge in [-0.15, -0.1) is 0 Å². The molecule has 0 bridgehead atoms. The number of benzene rings is 1. The second kappa shape index (κ2) is 6.74. The summed E-state index contributed by atoms with van der Waals surface area (Å²) in [5.41, 5.74) is 0.570. The number of anilines is 1. The lowest BCUT2D eigenvalue weighted by atomic mass is 10.1. The van der Waals surface area contributed by atoms with Crippen LogP contribution >= 0.6 is 15.9 Å². The van der Waals surface area contributed by atoms with Gasteiger partial charge in [0.25, 0.3) is 0 Å². The molecular weight excluding hydrogens is 324 g/mol. The molecule has 0 saturated carbocycles. The van der Waals surface area contributed by atoms with Gasteiger partial charge >= 0.3 is 12.0 Å². The number of hydrogen-bond donors (Lipinski definition) is 2. The molecule has 0 aliphatic carbocycles. The first-order chi connectivity index (χ1) is 9.23. The Morgan fingerprint density at radius 2 is 1.90 bits per heavy atom. The van der Waals surface area contributed by atoms with Crippen molar-refractivity contribution in [2.75, 3.05) is 12.4 Å². The molecule has 0 radical (unpaired) electrons. The van der Waals surface area contributed by atoms with Crippen LogP contribution < -0.4 is 5.32 Å². The zero-order valence-electron chi connectivity index (χ0n) is 12.0. The van der Waals surface area contributed by atoms with Crippen LogP contribution in [-0.2, 0) is 0 Å². The van der Waals surface area contributed by atoms with E-state index in [0.29, 0.717) is 16.1 Å². The largest absolute Gasteiger partial charge is 0.478 e. The Hall–Kier alpha value is -1.56. The van der Waals surface area contributed by atoms with Gasteiger partial charge in [0.05, 0.1) is 5.56 Å². The molecule has 0 aliphatic rings. The molecule has 5 nitrogen and oxygen atoms in total. The number of amides is 2. The van der Waals surface area contributed by atoms with Crippen molar-refractivity contribution in [2.45, 2.75) is 26.8 Å². The fourth-order valence-electron chi connectivity index (χ4n) is 1.61. The average molecular weight is 343 g/mol. The van der Waals surface area contributed by atoms with Gasteiger partial charge in [-0.05, 0) is 47.0 Å². The molecule has 1 unspecified atom stereocenters. The summed E-state index contributed by atoms with van der Waals surface area (Å²) < 4.78 is 0.479. The minimum atomic E-state index is -1.04. The number of carbonyl (C=O) groups excluding carboxylic acids is 1. The smallest absolute Gasteiger partial charge is 0.336 e. The predicted octanol–water partition coefficient (Wildman–Crippen LogP) is 3.66. The fourth-order valence-corrected chi connectivity index (χ4v) is 2.03. The van der Waals surface area contributed by atoms with Crippen LogP contribution in [-0.4, -0.2) is 35.1 Å². The van der Waals surface area contributed by atoms with Crippen molar-refractivity contribution < 1.29 is 14.7 Å². The average Bonchev–Trinajstić information content (AvgIpc) is 2.38. The summed E-state index contributed by atoms with van der Waals surface area (Å²) in [6, 6.07) is 4.51. The predicted molar refractivity (Wildman–Crippen MR) is 82.2 cm³/mol. The van der Waals surface area contributed by atoms with E-state index in [9.17, 15) is 9.59 Å². The quantitative estimate of drug-likeness (QED) is 0.877. The molecule has 0 aliphatic heterocycles. The Kier molecular flexibility index (Phi) is 5.56. The molecule has 1 aromatic rings. The third-order valence-electron chi connectivity index (χ3n) is 3.34. The number of rotatable bonds is 4. The normalized spacial score (nSPS) is 12.1. The van der Waals surface area contributed by atoms with E-state index in [1.165, 1.54) is 6.07 Å². The van der Waals surface area contributed by atoms with Gasteiger partial charge in [0.15, 0.2) is 0 Å². The maximum atomic E-state index is 12.1. The number of carboxylic acid groups (broad SMARTS) is 1. The molecule has 0 heterocycles. The van der Waals surface area contributed by atoms with Crippen LogP contribution in [0.15, 0.2) is 22.7 Å². The highest BCUT2D eigenvalue weighted by molar-refractivity contribution is 9.10. The minimum absolute atomic E-state index is 0.0874. The van der Waals surface area contributed by atoms with Gasteiger partial charge in [0.2, 0.25) is 0 Å². The molecule has 20 heavy (non-hydrogen) atoms. The number of hydrogen-bond acceptors (Lipinski definition) is 2. The number of carboxylic acids is 1. The van der Waals surface area contributed by atoms with E-state index in [1.54, 1.807) is 24.1 Å². The minimum Gasteiger partial charge on any atom is -0.478 e. The molecule has 0 fully saturated rings. The van der Waals surface area contributed by atoms with E-state index >= 15 is 0 Å². The molecule has 2 N–H and O–H groups in total. The Bertz CT molecular complexity index is 517. The van der Waals surface area contributed by atoms with Crippen LogP contribution in [0.2, 0.25) is 0 Å². The summed E-state index contributed by atoms with van der Waals surface area (Å²) in [5, 5.41) is 11.7. The van der Waals surface area contributed by atoms with Crippen molar-refractivity contribution in [1.29, 1.82) is 0 Å². The summed E-state index contributed by atoms with van der Waals surface area (Å²) >= 11 is 3.16. The topological polar surface area (TPSA) is 69.6 Å². The number of nitrogens with zero attached hydrogens (tertiary/aromatic N) is 1. The van der Waals surface area contributed by atoms with Crippen molar-refractivity contribution in [3.05, 3.63) is 28.2 Å². The van der Waals surface area contributed by atoms with Gasteiger partial charge in [-0.3, -0.25) is 0 Å². The van der Waals surface area contributed by atoms with E-state index in [2.05, 4.69) is 21.2 Å². The molecule has 2 amide bonds. The van der Waals surface area contributed by atoms with Gasteiger partial charge in [0.1, 0.15) is 0 Å². The van der Waals surface area contributed by atoms with Gasteiger partial charge in [0, 0.05) is 23.2 Å². The first-order valence-corrected chi connectivity index (χ1v) is 7.10. The van der Waals surface area contributed by atoms with Gasteiger partial charge in [-0.25, -0.2) is 9.59 Å². The highest BCUT2D eigenvalue weighted by Gasteiger charge is 2.19.